The SMILES string of the molecule is Cc1[nH]c(C(=O)Nc2ccc(N3NNNC3=O)cc2N2CC[C@H](NCl)C2)c(Cl)c1Cl. The van der Waals surface area contributed by atoms with Gasteiger partial charge in [0.1, 0.15) is 5.69 Å². The molecule has 1 aromatic carbocycles. The van der Waals surface area contributed by atoms with E-state index in [2.05, 4.69) is 36.5 Å². The number of carbonyl (C=O) groups is 2. The van der Waals surface area contributed by atoms with Crippen LogP contribution in [0.25, 0.3) is 0 Å². The third kappa shape index (κ3) is 3.89. The number of nitrogens with one attached hydrogen (secondary N) is 6. The second kappa shape index (κ2) is 8.50. The first-order chi connectivity index (χ1) is 14.4. The van der Waals surface area contributed by atoms with Crippen LogP contribution in [0.4, 0.5) is 21.9 Å². The Morgan fingerprint density at radius 1 is 1.27 bits per heavy atom. The van der Waals surface area contributed by atoms with Crippen LogP contribution in [0, 0.1) is 6.92 Å². The summed E-state index contributed by atoms with van der Waals surface area (Å²) in [5, 5.41) is 4.68. The molecule has 0 bridgehead atoms. The molecule has 1 atom stereocenters. The van der Waals surface area contributed by atoms with Crippen LogP contribution in [0.15, 0.2) is 18.2 Å². The first-order valence-corrected chi connectivity index (χ1v) is 10.2. The van der Waals surface area contributed by atoms with Crippen LogP contribution in [0.5, 0.6) is 0 Å². The zero-order valence-electron chi connectivity index (χ0n) is 15.8. The third-order valence-electron chi connectivity index (χ3n) is 4.99. The number of carbonyl (C=O) groups excluding carboxylic acids is 2. The number of hydrogen-bond donors (Lipinski definition) is 6. The highest BCUT2D eigenvalue weighted by molar-refractivity contribution is 6.44. The Morgan fingerprint density at radius 3 is 2.67 bits per heavy atom. The largest absolute Gasteiger partial charge is 0.368 e. The number of H-pyrrole nitrogens is 1. The number of amides is 3. The molecule has 30 heavy (non-hydrogen) atoms. The van der Waals surface area contributed by atoms with E-state index in [-0.39, 0.29) is 22.8 Å². The molecule has 0 radical (unpaired) electrons. The number of urea groups is 1. The number of anilines is 3. The molecule has 2 aliphatic rings. The molecule has 2 saturated heterocycles. The first kappa shape index (κ1) is 21.0. The molecular formula is C17H19Cl3N8O2. The zero-order valence-corrected chi connectivity index (χ0v) is 18.0. The van der Waals surface area contributed by atoms with E-state index in [9.17, 15) is 9.59 Å². The Labute approximate surface area is 187 Å². The highest BCUT2D eigenvalue weighted by Gasteiger charge is 2.28. The minimum atomic E-state index is -0.422. The van der Waals surface area contributed by atoms with Gasteiger partial charge in [0.25, 0.3) is 5.91 Å². The summed E-state index contributed by atoms with van der Waals surface area (Å²) in [6.07, 6.45) is 0.836. The van der Waals surface area contributed by atoms with Gasteiger partial charge in [-0.25, -0.2) is 14.6 Å². The quantitative estimate of drug-likeness (QED) is 0.372. The van der Waals surface area contributed by atoms with E-state index in [4.69, 9.17) is 35.0 Å². The number of hydrazine groups is 3. The van der Waals surface area contributed by atoms with Crippen LogP contribution < -0.4 is 36.6 Å². The summed E-state index contributed by atoms with van der Waals surface area (Å²) in [6.45, 7) is 3.10. The predicted octanol–water partition coefficient (Wildman–Crippen LogP) is 2.66. The smallest absolute Gasteiger partial charge is 0.353 e. The second-order valence-corrected chi connectivity index (χ2v) is 7.93. The van der Waals surface area contributed by atoms with E-state index in [0.717, 1.165) is 18.7 Å². The highest BCUT2D eigenvalue weighted by atomic mass is 35.5. The molecule has 0 aliphatic carbocycles. The van der Waals surface area contributed by atoms with Crippen molar-refractivity contribution in [3.63, 3.8) is 0 Å². The van der Waals surface area contributed by atoms with Crippen LogP contribution in [0.1, 0.15) is 22.6 Å². The van der Waals surface area contributed by atoms with Gasteiger partial charge in [0, 0.05) is 24.8 Å². The monoisotopic (exact) mass is 472 g/mol. The lowest BCUT2D eigenvalue weighted by atomic mass is 10.2. The van der Waals surface area contributed by atoms with E-state index in [0.29, 0.717) is 28.6 Å². The Bertz CT molecular complexity index is 998. The molecule has 0 unspecified atom stereocenters. The van der Waals surface area contributed by atoms with Gasteiger partial charge in [0.05, 0.1) is 27.1 Å². The second-order valence-electron chi connectivity index (χ2n) is 6.95. The average molecular weight is 474 g/mol. The molecule has 1 aromatic heterocycles. The van der Waals surface area contributed by atoms with Gasteiger partial charge in [-0.1, -0.05) is 23.2 Å². The topological polar surface area (TPSA) is 117 Å². The first-order valence-electron chi connectivity index (χ1n) is 9.10. The van der Waals surface area contributed by atoms with Crippen LogP contribution >= 0.6 is 35.0 Å². The van der Waals surface area contributed by atoms with E-state index in [1.54, 1.807) is 25.1 Å². The molecule has 13 heteroatoms. The fraction of sp³-hybridized carbons (Fsp3) is 0.294. The van der Waals surface area contributed by atoms with E-state index < -0.39 is 5.91 Å². The van der Waals surface area contributed by atoms with Crippen LogP contribution in [-0.4, -0.2) is 36.1 Å². The lowest BCUT2D eigenvalue weighted by Gasteiger charge is -2.24. The van der Waals surface area contributed by atoms with Crippen molar-refractivity contribution in [2.75, 3.05) is 28.3 Å². The number of hydrogen-bond acceptors (Lipinski definition) is 6. The van der Waals surface area contributed by atoms with Crippen molar-refractivity contribution in [2.45, 2.75) is 19.4 Å². The fourth-order valence-electron chi connectivity index (χ4n) is 3.43. The van der Waals surface area contributed by atoms with Gasteiger partial charge < -0.3 is 15.2 Å². The maximum Gasteiger partial charge on any atom is 0.353 e. The number of benzene rings is 1. The Kier molecular flexibility index (Phi) is 5.96. The predicted molar refractivity (Wildman–Crippen MR) is 117 cm³/mol. The minimum absolute atomic E-state index is 0.105. The van der Waals surface area contributed by atoms with Crippen molar-refractivity contribution in [1.82, 2.24) is 26.3 Å². The van der Waals surface area contributed by atoms with Crippen LogP contribution in [0.2, 0.25) is 10.0 Å². The summed E-state index contributed by atoms with van der Waals surface area (Å²) in [6, 6.07) is 4.99. The van der Waals surface area contributed by atoms with Gasteiger partial charge in [0.2, 0.25) is 0 Å². The van der Waals surface area contributed by atoms with Gasteiger partial charge in [-0.15, -0.1) is 11.1 Å². The molecule has 2 aromatic rings. The third-order valence-corrected chi connectivity index (χ3v) is 6.25. The van der Waals surface area contributed by atoms with Gasteiger partial charge in [-0.05, 0) is 43.3 Å². The van der Waals surface area contributed by atoms with Crippen molar-refractivity contribution in [1.29, 1.82) is 0 Å². The lowest BCUT2D eigenvalue weighted by molar-refractivity contribution is 0.102. The lowest BCUT2D eigenvalue weighted by Crippen LogP contribution is -2.37. The molecule has 4 rings (SSSR count). The van der Waals surface area contributed by atoms with E-state index in [1.807, 2.05) is 0 Å². The summed E-state index contributed by atoms with van der Waals surface area (Å²) in [5.74, 6) is -0.422. The molecule has 3 amide bonds. The van der Waals surface area contributed by atoms with Crippen LogP contribution in [-0.2, 0) is 0 Å². The van der Waals surface area contributed by atoms with Gasteiger partial charge in [0.15, 0.2) is 0 Å². The summed E-state index contributed by atoms with van der Waals surface area (Å²) in [7, 11) is 0. The maximum atomic E-state index is 12.8. The Morgan fingerprint density at radius 2 is 2.07 bits per heavy atom. The molecular weight excluding hydrogens is 455 g/mol. The molecule has 2 fully saturated rings. The van der Waals surface area contributed by atoms with Crippen molar-refractivity contribution in [3.05, 3.63) is 39.6 Å². The van der Waals surface area contributed by atoms with Crippen molar-refractivity contribution in [2.24, 2.45) is 0 Å². The highest BCUT2D eigenvalue weighted by Crippen LogP contribution is 2.35. The number of aryl methyl sites for hydroxylation is 1. The Balaban J connectivity index is 1.66. The molecule has 0 spiro atoms. The average Bonchev–Trinajstić information content (AvgIpc) is 3.45. The molecule has 6 N–H and O–H groups in total. The van der Waals surface area contributed by atoms with Crippen LogP contribution in [0.3, 0.4) is 0 Å². The molecule has 2 aliphatic heterocycles. The molecule has 3 heterocycles. The number of aromatic amines is 1. The van der Waals surface area contributed by atoms with Gasteiger partial charge >= 0.3 is 6.03 Å². The number of nitrogens with zero attached hydrogens (tertiary/aromatic N) is 2. The molecule has 10 nitrogen and oxygen atoms in total. The summed E-state index contributed by atoms with van der Waals surface area (Å²) >= 11 is 18.1. The van der Waals surface area contributed by atoms with E-state index >= 15 is 0 Å². The standard InChI is InChI=1S/C17H19Cl3N8O2/c1-8-13(18)14(19)15(21-8)16(29)22-11-3-2-10(28-17(30)24-25-26-28)6-12(11)27-5-4-9(7-27)23-20/h2-3,6,9,21,23,25-26H,4-5,7H2,1H3,(H,22,29)(H,24,30)/t9-/m0/s1. The van der Waals surface area contributed by atoms with Crippen molar-refractivity contribution in [3.8, 4) is 0 Å². The summed E-state index contributed by atoms with van der Waals surface area (Å²) in [5.41, 5.74) is 10.4. The maximum absolute atomic E-state index is 12.8. The minimum Gasteiger partial charge on any atom is -0.368 e. The number of halogens is 3. The number of rotatable bonds is 5. The van der Waals surface area contributed by atoms with Gasteiger partial charge in [-0.3, -0.25) is 10.2 Å². The van der Waals surface area contributed by atoms with Crippen molar-refractivity contribution < 1.29 is 9.59 Å². The normalized spacial score (nSPS) is 18.8. The Hall–Kier alpha value is -2.21. The fourth-order valence-corrected chi connectivity index (χ4v) is 4.03. The molecule has 160 valence electrons. The number of aromatic nitrogens is 1. The molecule has 0 saturated carbocycles. The van der Waals surface area contributed by atoms with E-state index in [1.165, 1.54) is 5.01 Å². The van der Waals surface area contributed by atoms with Crippen molar-refractivity contribution >= 4 is 64.0 Å². The summed E-state index contributed by atoms with van der Waals surface area (Å²) in [4.78, 5) is 32.6. The zero-order chi connectivity index (χ0) is 21.4. The summed E-state index contributed by atoms with van der Waals surface area (Å²) < 4.78 is 0. The van der Waals surface area contributed by atoms with Gasteiger partial charge in [-0.2, -0.15) is 0 Å².